The van der Waals surface area contributed by atoms with E-state index in [1.165, 1.54) is 6.92 Å². The lowest BCUT2D eigenvalue weighted by atomic mass is 10.1. The lowest BCUT2D eigenvalue weighted by molar-refractivity contribution is -0.134. The van der Waals surface area contributed by atoms with Crippen LogP contribution in [0.15, 0.2) is 48.5 Å². The standard InChI is InChI=1S/C21H26N2O3/c1-16-8-4-5-10-19(16)14-22-21(25)15-23(17(2)24)13-12-18-9-6-7-11-20(18)26-3/h4-11H,12-15H2,1-3H3,(H,22,25). The van der Waals surface area contributed by atoms with Crippen molar-refractivity contribution in [2.45, 2.75) is 26.8 Å². The Hall–Kier alpha value is -2.82. The van der Waals surface area contributed by atoms with E-state index in [1.807, 2.05) is 55.5 Å². The number of rotatable bonds is 8. The van der Waals surface area contributed by atoms with Crippen LogP contribution in [0.3, 0.4) is 0 Å². The minimum Gasteiger partial charge on any atom is -0.496 e. The summed E-state index contributed by atoms with van der Waals surface area (Å²) in [5.41, 5.74) is 3.22. The van der Waals surface area contributed by atoms with Gasteiger partial charge in [0.25, 0.3) is 0 Å². The van der Waals surface area contributed by atoms with Gasteiger partial charge < -0.3 is 15.0 Å². The third kappa shape index (κ3) is 5.62. The zero-order chi connectivity index (χ0) is 18.9. The van der Waals surface area contributed by atoms with Gasteiger partial charge in [0.2, 0.25) is 11.8 Å². The number of benzene rings is 2. The molecule has 0 aliphatic heterocycles. The van der Waals surface area contributed by atoms with Crippen LogP contribution < -0.4 is 10.1 Å². The molecule has 5 nitrogen and oxygen atoms in total. The van der Waals surface area contributed by atoms with Gasteiger partial charge >= 0.3 is 0 Å². The molecule has 1 N–H and O–H groups in total. The van der Waals surface area contributed by atoms with Crippen molar-refractivity contribution in [3.63, 3.8) is 0 Å². The van der Waals surface area contributed by atoms with Crippen LogP contribution in [0, 0.1) is 6.92 Å². The maximum atomic E-state index is 12.2. The average Bonchev–Trinajstić information content (AvgIpc) is 2.64. The van der Waals surface area contributed by atoms with Gasteiger partial charge in [-0.15, -0.1) is 0 Å². The Balaban J connectivity index is 1.90. The van der Waals surface area contributed by atoms with Gasteiger partial charge in [-0.05, 0) is 36.1 Å². The molecule has 0 saturated heterocycles. The number of hydrogen-bond acceptors (Lipinski definition) is 3. The van der Waals surface area contributed by atoms with E-state index >= 15 is 0 Å². The SMILES string of the molecule is COc1ccccc1CCN(CC(=O)NCc1ccccc1C)C(C)=O. The summed E-state index contributed by atoms with van der Waals surface area (Å²) < 4.78 is 5.34. The first-order chi connectivity index (χ1) is 12.5. The fourth-order valence-electron chi connectivity index (χ4n) is 2.74. The van der Waals surface area contributed by atoms with Crippen LogP contribution in [0.1, 0.15) is 23.6 Å². The van der Waals surface area contributed by atoms with Gasteiger partial charge in [0.15, 0.2) is 0 Å². The summed E-state index contributed by atoms with van der Waals surface area (Å²) in [5, 5.41) is 2.89. The van der Waals surface area contributed by atoms with Crippen molar-refractivity contribution < 1.29 is 14.3 Å². The van der Waals surface area contributed by atoms with E-state index in [-0.39, 0.29) is 18.4 Å². The zero-order valence-electron chi connectivity index (χ0n) is 15.6. The first-order valence-electron chi connectivity index (χ1n) is 8.70. The predicted octanol–water partition coefficient (Wildman–Crippen LogP) is 2.71. The van der Waals surface area contributed by atoms with E-state index in [0.717, 1.165) is 22.4 Å². The van der Waals surface area contributed by atoms with Gasteiger partial charge in [-0.25, -0.2) is 0 Å². The van der Waals surface area contributed by atoms with E-state index in [1.54, 1.807) is 12.0 Å². The summed E-state index contributed by atoms with van der Waals surface area (Å²) in [6.07, 6.45) is 0.634. The Kier molecular flexibility index (Phi) is 7.21. The molecule has 0 heterocycles. The molecule has 0 radical (unpaired) electrons. The number of carbonyl (C=O) groups excluding carboxylic acids is 2. The molecular weight excluding hydrogens is 328 g/mol. The number of amides is 2. The number of nitrogens with zero attached hydrogens (tertiary/aromatic N) is 1. The number of para-hydroxylation sites is 1. The topological polar surface area (TPSA) is 58.6 Å². The first kappa shape index (κ1) is 19.5. The minimum absolute atomic E-state index is 0.0519. The molecule has 0 aliphatic rings. The van der Waals surface area contributed by atoms with Gasteiger partial charge in [0.05, 0.1) is 13.7 Å². The number of ether oxygens (including phenoxy) is 1. The van der Waals surface area contributed by atoms with Gasteiger partial charge in [-0.2, -0.15) is 0 Å². The monoisotopic (exact) mass is 354 g/mol. The average molecular weight is 354 g/mol. The van der Waals surface area contributed by atoms with Crippen LogP contribution in [-0.4, -0.2) is 36.9 Å². The molecule has 0 saturated carbocycles. The van der Waals surface area contributed by atoms with Crippen molar-refractivity contribution >= 4 is 11.8 Å². The predicted molar refractivity (Wildman–Crippen MR) is 102 cm³/mol. The zero-order valence-corrected chi connectivity index (χ0v) is 15.6. The summed E-state index contributed by atoms with van der Waals surface area (Å²) >= 11 is 0. The van der Waals surface area contributed by atoms with Crippen LogP contribution in [0.4, 0.5) is 0 Å². The lowest BCUT2D eigenvalue weighted by Gasteiger charge is -2.21. The maximum absolute atomic E-state index is 12.2. The van der Waals surface area contributed by atoms with E-state index in [9.17, 15) is 9.59 Å². The number of aryl methyl sites for hydroxylation is 1. The molecule has 26 heavy (non-hydrogen) atoms. The molecule has 0 bridgehead atoms. The highest BCUT2D eigenvalue weighted by Gasteiger charge is 2.14. The summed E-state index contributed by atoms with van der Waals surface area (Å²) in [4.78, 5) is 25.7. The highest BCUT2D eigenvalue weighted by molar-refractivity contribution is 5.83. The fourth-order valence-corrected chi connectivity index (χ4v) is 2.74. The Bertz CT molecular complexity index is 758. The Morgan fingerprint density at radius 2 is 1.69 bits per heavy atom. The highest BCUT2D eigenvalue weighted by atomic mass is 16.5. The van der Waals surface area contributed by atoms with Crippen molar-refractivity contribution in [2.75, 3.05) is 20.2 Å². The second-order valence-corrected chi connectivity index (χ2v) is 6.21. The third-order valence-electron chi connectivity index (χ3n) is 4.36. The van der Waals surface area contributed by atoms with Gasteiger partial charge in [0, 0.05) is 20.0 Å². The first-order valence-corrected chi connectivity index (χ1v) is 8.70. The molecule has 2 aromatic rings. The summed E-state index contributed by atoms with van der Waals surface area (Å²) in [6, 6.07) is 15.6. The number of nitrogens with one attached hydrogen (secondary N) is 1. The van der Waals surface area contributed by atoms with E-state index < -0.39 is 0 Å². The summed E-state index contributed by atoms with van der Waals surface area (Å²) in [6.45, 7) is 4.47. The number of carbonyl (C=O) groups is 2. The van der Waals surface area contributed by atoms with Gasteiger partial charge in [-0.1, -0.05) is 42.5 Å². The Morgan fingerprint density at radius 1 is 1.04 bits per heavy atom. The molecule has 0 unspecified atom stereocenters. The van der Waals surface area contributed by atoms with E-state index in [4.69, 9.17) is 4.74 Å². The summed E-state index contributed by atoms with van der Waals surface area (Å²) in [5.74, 6) is 0.509. The quantitative estimate of drug-likeness (QED) is 0.793. The van der Waals surface area contributed by atoms with Crippen molar-refractivity contribution in [3.8, 4) is 5.75 Å². The molecule has 2 rings (SSSR count). The molecule has 138 valence electrons. The lowest BCUT2D eigenvalue weighted by Crippen LogP contribution is -2.40. The fraction of sp³-hybridized carbons (Fsp3) is 0.333. The van der Waals surface area contributed by atoms with Crippen LogP contribution in [0.5, 0.6) is 5.75 Å². The van der Waals surface area contributed by atoms with Crippen molar-refractivity contribution in [1.82, 2.24) is 10.2 Å². The van der Waals surface area contributed by atoms with E-state index in [0.29, 0.717) is 19.5 Å². The van der Waals surface area contributed by atoms with Crippen LogP contribution >= 0.6 is 0 Å². The summed E-state index contributed by atoms with van der Waals surface area (Å²) in [7, 11) is 1.63. The smallest absolute Gasteiger partial charge is 0.239 e. The van der Waals surface area contributed by atoms with Gasteiger partial charge in [0.1, 0.15) is 5.75 Å². The molecule has 0 aliphatic carbocycles. The van der Waals surface area contributed by atoms with Gasteiger partial charge in [-0.3, -0.25) is 9.59 Å². The van der Waals surface area contributed by atoms with Crippen LogP contribution in [0.25, 0.3) is 0 Å². The maximum Gasteiger partial charge on any atom is 0.239 e. The Labute approximate surface area is 155 Å². The molecule has 0 aromatic heterocycles. The van der Waals surface area contributed by atoms with Crippen LogP contribution in [-0.2, 0) is 22.6 Å². The van der Waals surface area contributed by atoms with E-state index in [2.05, 4.69) is 5.32 Å². The molecule has 0 atom stereocenters. The molecule has 0 fully saturated rings. The van der Waals surface area contributed by atoms with Crippen LogP contribution in [0.2, 0.25) is 0 Å². The third-order valence-corrected chi connectivity index (χ3v) is 4.36. The minimum atomic E-state index is -0.163. The molecule has 0 spiro atoms. The number of hydrogen-bond donors (Lipinski definition) is 1. The van der Waals surface area contributed by atoms with Crippen molar-refractivity contribution in [2.24, 2.45) is 0 Å². The molecular formula is C21H26N2O3. The number of methoxy groups -OCH3 is 1. The molecule has 2 aromatic carbocycles. The highest BCUT2D eigenvalue weighted by Crippen LogP contribution is 2.18. The normalized spacial score (nSPS) is 10.3. The molecule has 5 heteroatoms. The van der Waals surface area contributed by atoms with Crippen molar-refractivity contribution in [1.29, 1.82) is 0 Å². The molecule has 2 amide bonds. The second kappa shape index (κ2) is 9.61. The second-order valence-electron chi connectivity index (χ2n) is 6.21. The largest absolute Gasteiger partial charge is 0.496 e. The van der Waals surface area contributed by atoms with Crippen molar-refractivity contribution in [3.05, 3.63) is 65.2 Å². The Morgan fingerprint density at radius 3 is 2.35 bits per heavy atom.